The number of nitrogens with one attached hydrogen (secondary N) is 1. The first-order chi connectivity index (χ1) is 9.47. The molecule has 2 amide bonds. The van der Waals surface area contributed by atoms with Crippen molar-refractivity contribution in [3.05, 3.63) is 0 Å². The smallest absolute Gasteiger partial charge is 0.332 e. The number of hydrogen-bond donors (Lipinski definition) is 3. The van der Waals surface area contributed by atoms with Crippen LogP contribution >= 0.6 is 0 Å². The molecule has 1 unspecified atom stereocenters. The predicted molar refractivity (Wildman–Crippen MR) is 72.4 cm³/mol. The molecule has 1 rings (SSSR count). The molecule has 0 spiro atoms. The third kappa shape index (κ3) is 5.34. The van der Waals surface area contributed by atoms with E-state index in [0.29, 0.717) is 19.1 Å². The number of carboxylic acids is 1. The Bertz CT molecular complexity index is 333. The van der Waals surface area contributed by atoms with Crippen molar-refractivity contribution >= 4 is 12.0 Å². The highest BCUT2D eigenvalue weighted by molar-refractivity contribution is 5.75. The molecule has 0 aromatic heterocycles. The minimum atomic E-state index is -1.44. The zero-order valence-corrected chi connectivity index (χ0v) is 12.0. The lowest BCUT2D eigenvalue weighted by Gasteiger charge is -2.29. The number of urea groups is 1. The first-order valence-corrected chi connectivity index (χ1v) is 6.91. The second-order valence-corrected chi connectivity index (χ2v) is 5.14. The number of hydrogen-bond acceptors (Lipinski definition) is 4. The molecule has 1 saturated carbocycles. The summed E-state index contributed by atoms with van der Waals surface area (Å²) in [6, 6.07) is -0.0893. The van der Waals surface area contributed by atoms with E-state index in [4.69, 9.17) is 14.9 Å². The summed E-state index contributed by atoms with van der Waals surface area (Å²) in [5.74, 6) is -0.732. The Hall–Kier alpha value is -1.34. The summed E-state index contributed by atoms with van der Waals surface area (Å²) in [5.41, 5.74) is 0. The highest BCUT2D eigenvalue weighted by Gasteiger charge is 2.34. The number of carboxylic acid groups (broad SMARTS) is 1. The molecule has 3 N–H and O–H groups in total. The van der Waals surface area contributed by atoms with Crippen molar-refractivity contribution in [1.82, 2.24) is 10.2 Å². The third-order valence-electron chi connectivity index (χ3n) is 3.57. The van der Waals surface area contributed by atoms with Crippen molar-refractivity contribution in [3.63, 3.8) is 0 Å². The lowest BCUT2D eigenvalue weighted by Crippen LogP contribution is -2.48. The number of aliphatic hydroxyl groups excluding tert-OH is 1. The van der Waals surface area contributed by atoms with Crippen molar-refractivity contribution in [2.75, 3.05) is 26.8 Å². The number of aliphatic carboxylic acids is 1. The van der Waals surface area contributed by atoms with Crippen LogP contribution in [0.25, 0.3) is 0 Å². The number of amides is 2. The number of carbonyl (C=O) groups is 2. The van der Waals surface area contributed by atoms with Gasteiger partial charge in [0, 0.05) is 32.7 Å². The lowest BCUT2D eigenvalue weighted by atomic mass is 10.2. The molecule has 0 bridgehead atoms. The van der Waals surface area contributed by atoms with Gasteiger partial charge in [-0.25, -0.2) is 9.59 Å². The van der Waals surface area contributed by atoms with Crippen LogP contribution in [0.2, 0.25) is 0 Å². The van der Waals surface area contributed by atoms with Crippen LogP contribution in [0, 0.1) is 5.92 Å². The first-order valence-electron chi connectivity index (χ1n) is 6.91. The van der Waals surface area contributed by atoms with Gasteiger partial charge in [0.2, 0.25) is 0 Å². The fraction of sp³-hybridized carbons (Fsp3) is 0.846. The molecule has 20 heavy (non-hydrogen) atoms. The van der Waals surface area contributed by atoms with Crippen LogP contribution in [0.4, 0.5) is 4.79 Å². The minimum Gasteiger partial charge on any atom is -0.479 e. The van der Waals surface area contributed by atoms with Crippen LogP contribution < -0.4 is 5.32 Å². The maximum atomic E-state index is 12.1. The number of carbonyl (C=O) groups excluding carboxylic acids is 1. The van der Waals surface area contributed by atoms with Crippen LogP contribution in [0.3, 0.4) is 0 Å². The van der Waals surface area contributed by atoms with E-state index in [9.17, 15) is 9.59 Å². The second kappa shape index (κ2) is 8.06. The molecular weight excluding hydrogens is 264 g/mol. The monoisotopic (exact) mass is 288 g/mol. The summed E-state index contributed by atoms with van der Waals surface area (Å²) < 4.78 is 5.01. The Labute approximate surface area is 118 Å². The summed E-state index contributed by atoms with van der Waals surface area (Å²) in [6.07, 6.45) is 0.825. The van der Waals surface area contributed by atoms with Crippen molar-refractivity contribution in [3.8, 4) is 0 Å². The molecule has 2 atom stereocenters. The molecule has 0 radical (unpaired) electrons. The Kier molecular flexibility index (Phi) is 6.74. The van der Waals surface area contributed by atoms with Crippen LogP contribution in [0.1, 0.15) is 26.2 Å². The average Bonchev–Trinajstić information content (AvgIpc) is 3.22. The van der Waals surface area contributed by atoms with Gasteiger partial charge >= 0.3 is 12.0 Å². The average molecular weight is 288 g/mol. The van der Waals surface area contributed by atoms with Gasteiger partial charge in [-0.1, -0.05) is 0 Å². The van der Waals surface area contributed by atoms with Gasteiger partial charge in [0.05, 0.1) is 6.61 Å². The second-order valence-electron chi connectivity index (χ2n) is 5.14. The van der Waals surface area contributed by atoms with Gasteiger partial charge in [-0.3, -0.25) is 0 Å². The highest BCUT2D eigenvalue weighted by Crippen LogP contribution is 2.35. The van der Waals surface area contributed by atoms with E-state index in [0.717, 1.165) is 12.8 Å². The van der Waals surface area contributed by atoms with E-state index in [1.807, 2.05) is 6.92 Å². The number of ether oxygens (including phenoxy) is 1. The fourth-order valence-corrected chi connectivity index (χ4v) is 2.05. The van der Waals surface area contributed by atoms with Crippen LogP contribution in [0.15, 0.2) is 0 Å². The molecule has 0 aliphatic heterocycles. The van der Waals surface area contributed by atoms with Crippen molar-refractivity contribution in [1.29, 1.82) is 0 Å². The van der Waals surface area contributed by atoms with E-state index in [1.54, 1.807) is 12.0 Å². The number of aliphatic hydroxyl groups is 1. The summed E-state index contributed by atoms with van der Waals surface area (Å²) in [4.78, 5) is 24.3. The Morgan fingerprint density at radius 1 is 1.45 bits per heavy atom. The van der Waals surface area contributed by atoms with E-state index in [2.05, 4.69) is 5.32 Å². The van der Waals surface area contributed by atoms with Crippen LogP contribution in [-0.2, 0) is 9.53 Å². The summed E-state index contributed by atoms with van der Waals surface area (Å²) in [5, 5.41) is 20.3. The molecule has 0 heterocycles. The summed E-state index contributed by atoms with van der Waals surface area (Å²) in [6.45, 7) is 3.11. The number of methoxy groups -OCH3 is 1. The lowest BCUT2D eigenvalue weighted by molar-refractivity contribution is -0.146. The highest BCUT2D eigenvalue weighted by atomic mass is 16.5. The minimum absolute atomic E-state index is 0.00298. The molecule has 1 fully saturated rings. The molecule has 0 aromatic rings. The maximum Gasteiger partial charge on any atom is 0.332 e. The topological polar surface area (TPSA) is 99.1 Å². The van der Waals surface area contributed by atoms with E-state index >= 15 is 0 Å². The largest absolute Gasteiger partial charge is 0.479 e. The molecular formula is C13H24N2O5. The predicted octanol–water partition coefficient (Wildman–Crippen LogP) is 0.279. The van der Waals surface area contributed by atoms with Gasteiger partial charge in [0.1, 0.15) is 0 Å². The fourth-order valence-electron chi connectivity index (χ4n) is 2.05. The van der Waals surface area contributed by atoms with E-state index in [-0.39, 0.29) is 25.0 Å². The zero-order valence-electron chi connectivity index (χ0n) is 12.0. The normalized spacial score (nSPS) is 17.4. The van der Waals surface area contributed by atoms with Crippen LogP contribution in [-0.4, -0.2) is 66.1 Å². The Morgan fingerprint density at radius 3 is 2.60 bits per heavy atom. The number of rotatable bonds is 9. The van der Waals surface area contributed by atoms with Crippen molar-refractivity contribution in [2.24, 2.45) is 5.92 Å². The molecule has 116 valence electrons. The molecule has 7 heteroatoms. The zero-order chi connectivity index (χ0) is 15.1. The van der Waals surface area contributed by atoms with Gasteiger partial charge in [-0.05, 0) is 25.7 Å². The first kappa shape index (κ1) is 16.7. The Morgan fingerprint density at radius 2 is 2.10 bits per heavy atom. The van der Waals surface area contributed by atoms with Gasteiger partial charge in [-0.2, -0.15) is 0 Å². The summed E-state index contributed by atoms with van der Waals surface area (Å²) in [7, 11) is 1.58. The molecule has 1 aliphatic rings. The van der Waals surface area contributed by atoms with Gasteiger partial charge in [-0.15, -0.1) is 0 Å². The number of nitrogens with zero attached hydrogens (tertiary/aromatic N) is 1. The quantitative estimate of drug-likeness (QED) is 0.566. The van der Waals surface area contributed by atoms with E-state index < -0.39 is 12.1 Å². The van der Waals surface area contributed by atoms with Gasteiger partial charge in [0.15, 0.2) is 6.10 Å². The van der Waals surface area contributed by atoms with Gasteiger partial charge < -0.3 is 25.2 Å². The standard InChI is InChI=1S/C13H24N2O5/c1-9(10-3-4-10)15(7-8-20-2)13(19)14-6-5-11(16)12(17)18/h9-11,16H,3-8H2,1-2H3,(H,14,19)(H,17,18)/t9?,11-/m0/s1. The maximum absolute atomic E-state index is 12.1. The van der Waals surface area contributed by atoms with Gasteiger partial charge in [0.25, 0.3) is 0 Å². The third-order valence-corrected chi connectivity index (χ3v) is 3.57. The van der Waals surface area contributed by atoms with E-state index in [1.165, 1.54) is 0 Å². The van der Waals surface area contributed by atoms with Crippen molar-refractivity contribution in [2.45, 2.75) is 38.3 Å². The molecule has 0 saturated heterocycles. The molecule has 0 aromatic carbocycles. The Balaban J connectivity index is 2.39. The van der Waals surface area contributed by atoms with Crippen molar-refractivity contribution < 1.29 is 24.5 Å². The SMILES string of the molecule is COCCN(C(=O)NCC[C@H](O)C(=O)O)C(C)C1CC1. The van der Waals surface area contributed by atoms with Crippen LogP contribution in [0.5, 0.6) is 0 Å². The molecule has 1 aliphatic carbocycles. The summed E-state index contributed by atoms with van der Waals surface area (Å²) >= 11 is 0. The molecule has 7 nitrogen and oxygen atoms in total.